The Morgan fingerprint density at radius 1 is 0.569 bits per heavy atom. The van der Waals surface area contributed by atoms with Crippen LogP contribution in [0.3, 0.4) is 0 Å². The van der Waals surface area contributed by atoms with Gasteiger partial charge in [-0.25, -0.2) is 9.59 Å². The summed E-state index contributed by atoms with van der Waals surface area (Å²) in [5.74, 6) is -0.634. The van der Waals surface area contributed by atoms with Gasteiger partial charge < -0.3 is 43.5 Å². The van der Waals surface area contributed by atoms with Crippen molar-refractivity contribution in [2.75, 3.05) is 13.7 Å². The van der Waals surface area contributed by atoms with E-state index >= 15 is 0 Å². The molecule has 1 saturated heterocycles. The van der Waals surface area contributed by atoms with E-state index in [0.717, 1.165) is 44.3 Å². The molecule has 2 heterocycles. The summed E-state index contributed by atoms with van der Waals surface area (Å²) in [5, 5.41) is 3.62. The molecule has 0 bridgehead atoms. The van der Waals surface area contributed by atoms with Gasteiger partial charge in [-0.3, -0.25) is 0 Å². The van der Waals surface area contributed by atoms with E-state index in [0.29, 0.717) is 12.3 Å². The molecule has 65 heavy (non-hydrogen) atoms. The van der Waals surface area contributed by atoms with Crippen LogP contribution in [-0.2, 0) is 77.4 Å². The number of hydrogen-bond donors (Lipinski definition) is 2. The zero-order chi connectivity index (χ0) is 44.6. The molecule has 1 aromatic heterocycles. The molecular weight excluding hydrogens is 821 g/mol. The molecule has 1 amide bonds. The van der Waals surface area contributed by atoms with Gasteiger partial charge >= 0.3 is 12.1 Å². The van der Waals surface area contributed by atoms with Gasteiger partial charge in [-0.05, 0) is 39.4 Å². The lowest BCUT2D eigenvalue weighted by molar-refractivity contribution is -0.275. The Labute approximate surface area is 379 Å². The van der Waals surface area contributed by atoms with Gasteiger partial charge in [0.05, 0.1) is 45.8 Å². The number of aromatic nitrogens is 1. The van der Waals surface area contributed by atoms with Crippen molar-refractivity contribution in [1.82, 2.24) is 10.3 Å². The average molecular weight is 875 g/mol. The first-order valence-corrected chi connectivity index (χ1v) is 21.9. The fourth-order valence-corrected chi connectivity index (χ4v) is 8.15. The van der Waals surface area contributed by atoms with Gasteiger partial charge in [0.15, 0.2) is 0 Å². The summed E-state index contributed by atoms with van der Waals surface area (Å²) in [7, 11) is 1.30. The van der Waals surface area contributed by atoms with Crippen molar-refractivity contribution < 1.29 is 42.7 Å². The van der Waals surface area contributed by atoms with E-state index in [1.165, 1.54) is 7.11 Å². The van der Waals surface area contributed by atoms with Gasteiger partial charge in [0, 0.05) is 17.3 Å². The van der Waals surface area contributed by atoms with Crippen LogP contribution in [0.2, 0.25) is 0 Å². The van der Waals surface area contributed by atoms with E-state index < -0.39 is 48.6 Å². The second kappa shape index (κ2) is 22.8. The Morgan fingerprint density at radius 2 is 1.03 bits per heavy atom. The quantitative estimate of drug-likeness (QED) is 0.0721. The van der Waals surface area contributed by atoms with Crippen LogP contribution in [0.5, 0.6) is 0 Å². The molecule has 11 heteroatoms. The fraction of sp³-hybridized carbons (Fsp3) is 0.259. The molecule has 6 atom stereocenters. The maximum Gasteiger partial charge on any atom is 0.408 e. The van der Waals surface area contributed by atoms with Crippen LogP contribution >= 0.6 is 0 Å². The fourth-order valence-electron chi connectivity index (χ4n) is 8.15. The molecule has 2 N–H and O–H groups in total. The highest BCUT2D eigenvalue weighted by Gasteiger charge is 2.50. The van der Waals surface area contributed by atoms with Crippen LogP contribution in [0, 0.1) is 0 Å². The molecule has 0 spiro atoms. The summed E-state index contributed by atoms with van der Waals surface area (Å²) in [5.41, 5.74) is 6.95. The minimum absolute atomic E-state index is 0.0286. The first-order chi connectivity index (χ1) is 32.0. The number of nitrogens with one attached hydrogen (secondary N) is 2. The molecule has 0 aliphatic carbocycles. The van der Waals surface area contributed by atoms with Crippen molar-refractivity contribution in [3.8, 4) is 0 Å². The number of rotatable bonds is 20. The lowest BCUT2D eigenvalue weighted by atomic mass is 9.89. The van der Waals surface area contributed by atoms with Crippen molar-refractivity contribution in [2.45, 2.75) is 76.0 Å². The zero-order valence-corrected chi connectivity index (χ0v) is 36.3. The molecular formula is C54H54N2O9. The van der Waals surface area contributed by atoms with Crippen LogP contribution in [0.15, 0.2) is 176 Å². The van der Waals surface area contributed by atoms with Crippen LogP contribution in [0.25, 0.3) is 10.9 Å². The number of carbonyl (C=O) groups excluding carboxylic acids is 2. The van der Waals surface area contributed by atoms with Crippen LogP contribution in [0.4, 0.5) is 4.79 Å². The van der Waals surface area contributed by atoms with E-state index in [-0.39, 0.29) is 39.5 Å². The molecule has 1 fully saturated rings. The molecule has 7 aromatic rings. The molecule has 8 rings (SSSR count). The summed E-state index contributed by atoms with van der Waals surface area (Å²) >= 11 is 0. The summed E-state index contributed by atoms with van der Waals surface area (Å²) in [6, 6.07) is 56.0. The highest BCUT2D eigenvalue weighted by molar-refractivity contribution is 5.87. The predicted octanol–water partition coefficient (Wildman–Crippen LogP) is 9.59. The Bertz CT molecular complexity index is 2520. The first-order valence-electron chi connectivity index (χ1n) is 21.9. The summed E-state index contributed by atoms with van der Waals surface area (Å²) in [6.45, 7) is 1.34. The topological polar surface area (TPSA) is 127 Å². The van der Waals surface area contributed by atoms with Crippen molar-refractivity contribution in [3.05, 3.63) is 215 Å². The molecule has 0 saturated carbocycles. The average Bonchev–Trinajstić information content (AvgIpc) is 3.72. The van der Waals surface area contributed by atoms with Gasteiger partial charge in [0.25, 0.3) is 0 Å². The second-order valence-corrected chi connectivity index (χ2v) is 15.9. The van der Waals surface area contributed by atoms with Crippen LogP contribution in [0.1, 0.15) is 45.2 Å². The van der Waals surface area contributed by atoms with Gasteiger partial charge in [-0.15, -0.1) is 0 Å². The number of methoxy groups -OCH3 is 1. The van der Waals surface area contributed by atoms with E-state index in [1.807, 2.05) is 176 Å². The third-order valence-electron chi connectivity index (χ3n) is 11.4. The smallest absolute Gasteiger partial charge is 0.408 e. The maximum absolute atomic E-state index is 13.6. The van der Waals surface area contributed by atoms with Gasteiger partial charge in [0.2, 0.25) is 0 Å². The Kier molecular flexibility index (Phi) is 15.8. The Hall–Kier alpha value is -6.60. The second-order valence-electron chi connectivity index (χ2n) is 15.9. The summed E-state index contributed by atoms with van der Waals surface area (Å²) in [4.78, 5) is 30.6. The number of esters is 1. The molecule has 1 aliphatic heterocycles. The highest BCUT2D eigenvalue weighted by Crippen LogP contribution is 2.41. The van der Waals surface area contributed by atoms with Gasteiger partial charge in [-0.1, -0.05) is 170 Å². The monoisotopic (exact) mass is 874 g/mol. The standard InChI is InChI=1S/C54H54N2O9/c1-59-53(57)46(56-54(58)64-36-42-27-15-6-16-28-42)31-44-43-29-17-18-30-45(43)55-48(44)50-52(63-35-41-25-13-5-14-26-41)51(62-34-40-23-11-4-12-24-40)49(61-33-39-21-9-3-10-22-39)47(65-50)37-60-32-38-19-7-2-8-20-38/h2-30,46-47,49-52,55H,31-37H2,1H3,(H,56,58)/t46-,47+,49+,50-,51-,52-/m0/s1. The first kappa shape index (κ1) is 45.0. The predicted molar refractivity (Wildman–Crippen MR) is 246 cm³/mol. The van der Waals surface area contributed by atoms with Crippen molar-refractivity contribution >= 4 is 23.0 Å². The number of hydrogen-bond acceptors (Lipinski definition) is 9. The number of carbonyl (C=O) groups is 2. The van der Waals surface area contributed by atoms with Crippen LogP contribution < -0.4 is 5.32 Å². The number of fused-ring (bicyclic) bond motifs is 1. The lowest BCUT2D eigenvalue weighted by Crippen LogP contribution is -2.58. The van der Waals surface area contributed by atoms with Gasteiger partial charge in [0.1, 0.15) is 43.2 Å². The Morgan fingerprint density at radius 3 is 1.57 bits per heavy atom. The Balaban J connectivity index is 1.19. The van der Waals surface area contributed by atoms with E-state index in [9.17, 15) is 9.59 Å². The van der Waals surface area contributed by atoms with Crippen molar-refractivity contribution in [2.24, 2.45) is 0 Å². The number of para-hydroxylation sites is 1. The molecule has 11 nitrogen and oxygen atoms in total. The zero-order valence-electron chi connectivity index (χ0n) is 36.3. The minimum atomic E-state index is -1.12. The van der Waals surface area contributed by atoms with Crippen molar-refractivity contribution in [1.29, 1.82) is 0 Å². The molecule has 1 aliphatic rings. The van der Waals surface area contributed by atoms with Gasteiger partial charge in [-0.2, -0.15) is 0 Å². The molecule has 6 aromatic carbocycles. The molecule has 0 unspecified atom stereocenters. The third kappa shape index (κ3) is 12.2. The van der Waals surface area contributed by atoms with Crippen LogP contribution in [-0.4, -0.2) is 61.2 Å². The number of alkyl carbamates (subject to hydrolysis) is 1. The summed E-state index contributed by atoms with van der Waals surface area (Å²) < 4.78 is 45.6. The largest absolute Gasteiger partial charge is 0.467 e. The molecule has 0 radical (unpaired) electrons. The lowest BCUT2D eigenvalue weighted by Gasteiger charge is -2.46. The highest BCUT2D eigenvalue weighted by atomic mass is 16.6. The van der Waals surface area contributed by atoms with Crippen molar-refractivity contribution in [3.63, 3.8) is 0 Å². The van der Waals surface area contributed by atoms with E-state index in [4.69, 9.17) is 33.2 Å². The number of H-pyrrole nitrogens is 1. The van der Waals surface area contributed by atoms with E-state index in [2.05, 4.69) is 10.3 Å². The van der Waals surface area contributed by atoms with E-state index in [1.54, 1.807) is 0 Å². The molecule has 334 valence electrons. The SMILES string of the molecule is COC(=O)[C@H](Cc1c([C@@H]2O[C@H](COCc3ccccc3)[C@@H](OCc3ccccc3)[C@H](OCc3ccccc3)[C@H]2OCc2ccccc2)[nH]c2ccccc12)NC(=O)OCc1ccccc1. The summed E-state index contributed by atoms with van der Waals surface area (Å²) in [6.07, 6.45) is -4.32. The number of amides is 1. The number of aromatic amines is 1. The third-order valence-corrected chi connectivity index (χ3v) is 11.4. The normalized spacial score (nSPS) is 18.8. The maximum atomic E-state index is 13.6. The number of ether oxygens (including phenoxy) is 7. The number of benzene rings is 6. The minimum Gasteiger partial charge on any atom is -0.467 e.